The van der Waals surface area contributed by atoms with E-state index in [2.05, 4.69) is 62.9 Å². The molecule has 0 amide bonds. The number of hydrogen-bond donors (Lipinski definition) is 1. The summed E-state index contributed by atoms with van der Waals surface area (Å²) in [6.07, 6.45) is 2.19. The Kier molecular flexibility index (Phi) is 6.33. The predicted molar refractivity (Wildman–Crippen MR) is 121 cm³/mol. The number of nitrogens with zero attached hydrogens (tertiary/aromatic N) is 1. The first-order chi connectivity index (χ1) is 13.3. The molecule has 1 saturated heterocycles. The summed E-state index contributed by atoms with van der Waals surface area (Å²) in [7, 11) is 0. The minimum Gasteiger partial charge on any atom is -0.508 e. The van der Waals surface area contributed by atoms with Gasteiger partial charge in [0.2, 0.25) is 0 Å². The number of benzene rings is 2. The Labute approximate surface area is 181 Å². The van der Waals surface area contributed by atoms with Crippen LogP contribution in [-0.4, -0.2) is 35.2 Å². The molecular weight excluding hydrogens is 382 g/mol. The molecule has 0 spiro atoms. The molecule has 4 heteroatoms. The second-order valence-corrected chi connectivity index (χ2v) is 9.43. The van der Waals surface area contributed by atoms with Gasteiger partial charge in [0, 0.05) is 18.0 Å². The molecule has 2 bridgehead atoms. The van der Waals surface area contributed by atoms with Crippen LogP contribution in [-0.2, 0) is 23.2 Å². The van der Waals surface area contributed by atoms with E-state index < -0.39 is 0 Å². The molecule has 4 rings (SSSR count). The maximum atomic E-state index is 10.5. The molecule has 1 unspecified atom stereocenters. The normalized spacial score (nSPS) is 26.3. The number of halogens is 1. The molecule has 158 valence electrons. The molecule has 2 aromatic rings. The van der Waals surface area contributed by atoms with Crippen LogP contribution in [0.2, 0.25) is 0 Å². The van der Waals surface area contributed by atoms with E-state index in [4.69, 9.17) is 4.74 Å². The summed E-state index contributed by atoms with van der Waals surface area (Å²) >= 11 is 0. The number of hydrogen-bond acceptors (Lipinski definition) is 3. The van der Waals surface area contributed by atoms with Crippen molar-refractivity contribution >= 4 is 12.4 Å². The Morgan fingerprint density at radius 1 is 1.10 bits per heavy atom. The summed E-state index contributed by atoms with van der Waals surface area (Å²) < 4.78 is 6.16. The van der Waals surface area contributed by atoms with Crippen molar-refractivity contribution in [2.24, 2.45) is 5.41 Å². The predicted octanol–water partition coefficient (Wildman–Crippen LogP) is 5.33. The molecule has 1 fully saturated rings. The average molecular weight is 416 g/mol. The lowest BCUT2D eigenvalue weighted by molar-refractivity contribution is -0.0651. The zero-order valence-corrected chi connectivity index (χ0v) is 18.8. The summed E-state index contributed by atoms with van der Waals surface area (Å²) in [6.45, 7) is 12.1. The fourth-order valence-corrected chi connectivity index (χ4v) is 5.45. The van der Waals surface area contributed by atoms with E-state index >= 15 is 0 Å². The van der Waals surface area contributed by atoms with Gasteiger partial charge in [-0.25, -0.2) is 0 Å². The summed E-state index contributed by atoms with van der Waals surface area (Å²) in [4.78, 5) is 2.60. The zero-order chi connectivity index (χ0) is 19.9. The van der Waals surface area contributed by atoms with E-state index in [-0.39, 0.29) is 29.3 Å². The first-order valence-electron chi connectivity index (χ1n) is 10.5. The minimum atomic E-state index is 0. The number of piperidine rings is 1. The van der Waals surface area contributed by atoms with Crippen LogP contribution in [0, 0.1) is 5.41 Å². The van der Waals surface area contributed by atoms with Crippen LogP contribution in [0.1, 0.15) is 50.8 Å². The number of rotatable bonds is 5. The molecule has 3 atom stereocenters. The minimum absolute atomic E-state index is 0. The van der Waals surface area contributed by atoms with Crippen molar-refractivity contribution in [3.63, 3.8) is 0 Å². The quantitative estimate of drug-likeness (QED) is 0.715. The van der Waals surface area contributed by atoms with Gasteiger partial charge in [0.15, 0.2) is 0 Å². The van der Waals surface area contributed by atoms with Gasteiger partial charge in [-0.05, 0) is 54.5 Å². The molecule has 3 nitrogen and oxygen atoms in total. The summed E-state index contributed by atoms with van der Waals surface area (Å²) in [6, 6.07) is 16.9. The van der Waals surface area contributed by atoms with Gasteiger partial charge >= 0.3 is 0 Å². The van der Waals surface area contributed by atoms with E-state index in [0.29, 0.717) is 18.4 Å². The largest absolute Gasteiger partial charge is 0.508 e. The van der Waals surface area contributed by atoms with E-state index in [1.165, 1.54) is 11.1 Å². The first-order valence-corrected chi connectivity index (χ1v) is 10.5. The Bertz CT molecular complexity index is 838. The van der Waals surface area contributed by atoms with Crippen molar-refractivity contribution in [2.45, 2.75) is 64.7 Å². The number of ether oxygens (including phenoxy) is 1. The third kappa shape index (κ3) is 3.81. The van der Waals surface area contributed by atoms with E-state index in [1.807, 2.05) is 18.2 Å². The topological polar surface area (TPSA) is 32.7 Å². The van der Waals surface area contributed by atoms with Crippen molar-refractivity contribution in [3.05, 3.63) is 65.2 Å². The second kappa shape index (κ2) is 8.29. The van der Waals surface area contributed by atoms with Gasteiger partial charge < -0.3 is 9.84 Å². The number of fused-ring (bicyclic) bond motifs is 4. The first kappa shape index (κ1) is 22.1. The van der Waals surface area contributed by atoms with Gasteiger partial charge in [0.05, 0.1) is 12.7 Å². The third-order valence-electron chi connectivity index (χ3n) is 7.61. The summed E-state index contributed by atoms with van der Waals surface area (Å²) in [5.41, 5.74) is 3.95. The van der Waals surface area contributed by atoms with Crippen LogP contribution in [0.15, 0.2) is 48.5 Å². The molecule has 1 aliphatic heterocycles. The van der Waals surface area contributed by atoms with Crippen molar-refractivity contribution in [3.8, 4) is 5.75 Å². The highest BCUT2D eigenvalue weighted by atomic mass is 35.5. The lowest BCUT2D eigenvalue weighted by Gasteiger charge is -2.61. The lowest BCUT2D eigenvalue weighted by atomic mass is 9.51. The molecule has 0 aromatic heterocycles. The summed E-state index contributed by atoms with van der Waals surface area (Å²) in [5.74, 6) is 0.458. The van der Waals surface area contributed by atoms with Gasteiger partial charge in [0.25, 0.3) is 0 Å². The molecule has 0 radical (unpaired) electrons. The Morgan fingerprint density at radius 2 is 1.83 bits per heavy atom. The number of likely N-dealkylation sites (tertiary alicyclic amines) is 1. The van der Waals surface area contributed by atoms with E-state index in [9.17, 15) is 5.11 Å². The van der Waals surface area contributed by atoms with Gasteiger partial charge in [-0.1, -0.05) is 63.2 Å². The fraction of sp³-hybridized carbons (Fsp3) is 0.520. The highest BCUT2D eigenvalue weighted by Crippen LogP contribution is 2.57. The SMILES string of the molecule is CC(CN1CC[C@@]2(C)c3cccc(O)c3C[C@@H]1C2(C)C)OCc1ccccc1.Cl. The van der Waals surface area contributed by atoms with Gasteiger partial charge in [-0.2, -0.15) is 0 Å². The monoisotopic (exact) mass is 415 g/mol. The molecule has 0 saturated carbocycles. The van der Waals surface area contributed by atoms with Crippen LogP contribution in [0.5, 0.6) is 5.75 Å². The molecule has 1 aliphatic carbocycles. The molecular formula is C25H34ClNO2. The lowest BCUT2D eigenvalue weighted by Crippen LogP contribution is -2.64. The summed E-state index contributed by atoms with van der Waals surface area (Å²) in [5, 5.41) is 10.5. The third-order valence-corrected chi connectivity index (χ3v) is 7.61. The highest BCUT2D eigenvalue weighted by Gasteiger charge is 2.56. The molecule has 2 aromatic carbocycles. The van der Waals surface area contributed by atoms with Crippen LogP contribution in [0.25, 0.3) is 0 Å². The smallest absolute Gasteiger partial charge is 0.119 e. The van der Waals surface area contributed by atoms with E-state index in [1.54, 1.807) is 0 Å². The van der Waals surface area contributed by atoms with Crippen molar-refractivity contribution in [1.29, 1.82) is 0 Å². The Hall–Kier alpha value is -1.55. The van der Waals surface area contributed by atoms with Gasteiger partial charge in [0.1, 0.15) is 5.75 Å². The van der Waals surface area contributed by atoms with Crippen LogP contribution >= 0.6 is 12.4 Å². The highest BCUT2D eigenvalue weighted by molar-refractivity contribution is 5.85. The standard InChI is InChI=1S/C25H33NO2.ClH/c1-18(28-17-19-9-6-5-7-10-19)16-26-14-13-25(4)21-11-8-12-22(27)20(21)15-23(26)24(25,2)3;/h5-12,18,23,27H,13-17H2,1-4H3;1H/t18?,23-,25+;/m1./s1. The van der Waals surface area contributed by atoms with Crippen LogP contribution in [0.4, 0.5) is 0 Å². The van der Waals surface area contributed by atoms with Crippen molar-refractivity contribution < 1.29 is 9.84 Å². The van der Waals surface area contributed by atoms with Crippen LogP contribution < -0.4 is 0 Å². The number of aromatic hydroxyl groups is 1. The van der Waals surface area contributed by atoms with Gasteiger partial charge in [-0.15, -0.1) is 12.4 Å². The molecule has 29 heavy (non-hydrogen) atoms. The average Bonchev–Trinajstić information content (AvgIpc) is 2.67. The van der Waals surface area contributed by atoms with Gasteiger partial charge in [-0.3, -0.25) is 4.90 Å². The van der Waals surface area contributed by atoms with Crippen LogP contribution in [0.3, 0.4) is 0 Å². The zero-order valence-electron chi connectivity index (χ0n) is 18.0. The molecule has 1 N–H and O–H groups in total. The fourth-order valence-electron chi connectivity index (χ4n) is 5.45. The Morgan fingerprint density at radius 3 is 2.55 bits per heavy atom. The number of phenolic OH excluding ortho intramolecular Hbond substituents is 1. The maximum absolute atomic E-state index is 10.5. The Balaban J connectivity index is 0.00000240. The maximum Gasteiger partial charge on any atom is 0.119 e. The van der Waals surface area contributed by atoms with Crippen molar-refractivity contribution in [1.82, 2.24) is 4.90 Å². The molecule has 2 aliphatic rings. The van der Waals surface area contributed by atoms with E-state index in [0.717, 1.165) is 31.5 Å². The molecule has 1 heterocycles. The van der Waals surface area contributed by atoms with Crippen molar-refractivity contribution in [2.75, 3.05) is 13.1 Å². The second-order valence-electron chi connectivity index (χ2n) is 9.43. The number of phenols is 1.